The zero-order valence-corrected chi connectivity index (χ0v) is 20.0. The molecule has 0 amide bonds. The molecular formula is C21H34IN3O2S. The zero-order chi connectivity index (χ0) is 18.8. The smallest absolute Gasteiger partial charge is 0.191 e. The van der Waals surface area contributed by atoms with Crippen LogP contribution >= 0.6 is 35.7 Å². The van der Waals surface area contributed by atoms with Crippen LogP contribution in [0.25, 0.3) is 0 Å². The van der Waals surface area contributed by atoms with E-state index in [2.05, 4.69) is 47.9 Å². The van der Waals surface area contributed by atoms with Gasteiger partial charge in [0.15, 0.2) is 5.96 Å². The number of hydrogen-bond donors (Lipinski definition) is 2. The summed E-state index contributed by atoms with van der Waals surface area (Å²) in [5.74, 6) is 1.51. The predicted octanol–water partition coefficient (Wildman–Crippen LogP) is 3.93. The van der Waals surface area contributed by atoms with Crippen LogP contribution < -0.4 is 10.6 Å². The van der Waals surface area contributed by atoms with Crippen molar-refractivity contribution in [2.24, 2.45) is 10.9 Å². The van der Waals surface area contributed by atoms with Gasteiger partial charge in [-0.15, -0.1) is 35.7 Å². The van der Waals surface area contributed by atoms with Gasteiger partial charge in [0.1, 0.15) is 0 Å². The number of aliphatic imine (C=N–C) groups is 1. The van der Waals surface area contributed by atoms with Crippen molar-refractivity contribution in [2.75, 3.05) is 46.1 Å². The van der Waals surface area contributed by atoms with E-state index in [0.717, 1.165) is 64.9 Å². The minimum atomic E-state index is 0. The number of nitrogens with zero attached hydrogens (tertiary/aromatic N) is 1. The molecule has 2 fully saturated rings. The standard InChI is InChI=1S/C21H33N3O2S.HI/c1-2-22-20(23-12-6-13-25-15-18-9-14-26-16-18)24-17-21(10-11-21)27-19-7-4-3-5-8-19;/h3-5,7-8,18H,2,6,9-17H2,1H3,(H2,22,23,24);1H. The lowest BCUT2D eigenvalue weighted by Gasteiger charge is -2.15. The molecule has 1 saturated heterocycles. The Balaban J connectivity index is 0.00000280. The molecule has 1 atom stereocenters. The Morgan fingerprint density at radius 1 is 1.29 bits per heavy atom. The summed E-state index contributed by atoms with van der Waals surface area (Å²) in [6.45, 7) is 8.09. The van der Waals surface area contributed by atoms with E-state index >= 15 is 0 Å². The summed E-state index contributed by atoms with van der Waals surface area (Å²) in [7, 11) is 0. The number of rotatable bonds is 11. The third kappa shape index (κ3) is 8.47. The minimum Gasteiger partial charge on any atom is -0.381 e. The number of benzene rings is 1. The predicted molar refractivity (Wildman–Crippen MR) is 128 cm³/mol. The van der Waals surface area contributed by atoms with Crippen LogP contribution in [0.2, 0.25) is 0 Å². The van der Waals surface area contributed by atoms with E-state index in [4.69, 9.17) is 14.5 Å². The zero-order valence-electron chi connectivity index (χ0n) is 16.8. The van der Waals surface area contributed by atoms with E-state index in [1.807, 2.05) is 11.8 Å². The molecule has 2 N–H and O–H groups in total. The van der Waals surface area contributed by atoms with Gasteiger partial charge in [0.2, 0.25) is 0 Å². The molecule has 1 aromatic rings. The van der Waals surface area contributed by atoms with Crippen molar-refractivity contribution in [2.45, 2.75) is 42.2 Å². The largest absolute Gasteiger partial charge is 0.381 e. The van der Waals surface area contributed by atoms with Crippen LogP contribution in [0.15, 0.2) is 40.2 Å². The molecule has 0 spiro atoms. The Morgan fingerprint density at radius 2 is 2.11 bits per heavy atom. The quantitative estimate of drug-likeness (QED) is 0.201. The number of guanidine groups is 1. The highest BCUT2D eigenvalue weighted by molar-refractivity contribution is 14.0. The topological polar surface area (TPSA) is 54.9 Å². The lowest BCUT2D eigenvalue weighted by Crippen LogP contribution is -2.38. The first-order valence-electron chi connectivity index (χ1n) is 10.2. The third-order valence-corrected chi connectivity index (χ3v) is 6.37. The molecule has 2 aliphatic rings. The van der Waals surface area contributed by atoms with Gasteiger partial charge in [0.25, 0.3) is 0 Å². The molecule has 1 saturated carbocycles. The first kappa shape index (κ1) is 23.8. The first-order valence-corrected chi connectivity index (χ1v) is 11.0. The van der Waals surface area contributed by atoms with Crippen molar-refractivity contribution in [3.05, 3.63) is 30.3 Å². The van der Waals surface area contributed by atoms with Crippen molar-refractivity contribution < 1.29 is 9.47 Å². The monoisotopic (exact) mass is 519 g/mol. The highest BCUT2D eigenvalue weighted by Gasteiger charge is 2.43. The number of nitrogens with one attached hydrogen (secondary N) is 2. The maximum absolute atomic E-state index is 5.77. The molecular weight excluding hydrogens is 485 g/mol. The molecule has 3 rings (SSSR count). The van der Waals surface area contributed by atoms with Gasteiger partial charge in [-0.25, -0.2) is 0 Å². The fraction of sp³-hybridized carbons (Fsp3) is 0.667. The van der Waals surface area contributed by atoms with E-state index in [0.29, 0.717) is 5.92 Å². The van der Waals surface area contributed by atoms with Crippen molar-refractivity contribution in [3.8, 4) is 0 Å². The second kappa shape index (κ2) is 12.9. The van der Waals surface area contributed by atoms with E-state index in [1.54, 1.807) is 0 Å². The molecule has 0 aromatic heterocycles. The Bertz CT molecular complexity index is 578. The highest BCUT2D eigenvalue weighted by Crippen LogP contribution is 2.51. The Labute approximate surface area is 190 Å². The maximum atomic E-state index is 5.77. The van der Waals surface area contributed by atoms with Crippen molar-refractivity contribution in [1.29, 1.82) is 0 Å². The minimum absolute atomic E-state index is 0. The second-order valence-corrected chi connectivity index (χ2v) is 8.92. The van der Waals surface area contributed by atoms with Crippen molar-refractivity contribution in [3.63, 3.8) is 0 Å². The molecule has 1 heterocycles. The molecule has 5 nitrogen and oxygen atoms in total. The summed E-state index contributed by atoms with van der Waals surface area (Å²) in [6, 6.07) is 10.7. The number of thioether (sulfide) groups is 1. The Kier molecular flexibility index (Phi) is 11.0. The van der Waals surface area contributed by atoms with Crippen LogP contribution in [-0.2, 0) is 9.47 Å². The van der Waals surface area contributed by atoms with Gasteiger partial charge >= 0.3 is 0 Å². The fourth-order valence-electron chi connectivity index (χ4n) is 3.08. The number of ether oxygens (including phenoxy) is 2. The summed E-state index contributed by atoms with van der Waals surface area (Å²) in [5.41, 5.74) is 0. The highest BCUT2D eigenvalue weighted by atomic mass is 127. The van der Waals surface area contributed by atoms with Crippen molar-refractivity contribution in [1.82, 2.24) is 10.6 Å². The van der Waals surface area contributed by atoms with Gasteiger partial charge in [0, 0.05) is 41.9 Å². The van der Waals surface area contributed by atoms with Gasteiger partial charge in [-0.05, 0) is 44.7 Å². The summed E-state index contributed by atoms with van der Waals surface area (Å²) in [6.07, 6.45) is 4.61. The summed E-state index contributed by atoms with van der Waals surface area (Å²) >= 11 is 1.97. The van der Waals surface area contributed by atoms with Crippen LogP contribution in [0.3, 0.4) is 0 Å². The molecule has 1 aliphatic carbocycles. The van der Waals surface area contributed by atoms with Gasteiger partial charge in [-0.3, -0.25) is 4.99 Å². The van der Waals surface area contributed by atoms with Gasteiger partial charge in [-0.1, -0.05) is 18.2 Å². The summed E-state index contributed by atoms with van der Waals surface area (Å²) < 4.78 is 11.4. The maximum Gasteiger partial charge on any atom is 0.191 e. The average molecular weight is 519 g/mol. The van der Waals surface area contributed by atoms with Gasteiger partial charge in [-0.2, -0.15) is 0 Å². The molecule has 0 bridgehead atoms. The molecule has 7 heteroatoms. The molecule has 1 aromatic carbocycles. The van der Waals surface area contributed by atoms with Gasteiger partial charge in [0.05, 0.1) is 19.8 Å². The number of hydrogen-bond acceptors (Lipinski definition) is 4. The lowest BCUT2D eigenvalue weighted by molar-refractivity contribution is 0.0888. The van der Waals surface area contributed by atoms with Crippen LogP contribution in [0.4, 0.5) is 0 Å². The van der Waals surface area contributed by atoms with Crippen molar-refractivity contribution >= 4 is 41.7 Å². The van der Waals surface area contributed by atoms with E-state index in [9.17, 15) is 0 Å². The second-order valence-electron chi connectivity index (χ2n) is 7.38. The Hall–Kier alpha value is -0.510. The van der Waals surface area contributed by atoms with Crippen LogP contribution in [0, 0.1) is 5.92 Å². The lowest BCUT2D eigenvalue weighted by atomic mass is 10.1. The third-order valence-electron chi connectivity index (χ3n) is 4.89. The molecule has 158 valence electrons. The van der Waals surface area contributed by atoms with E-state index in [-0.39, 0.29) is 28.7 Å². The first-order chi connectivity index (χ1) is 13.3. The molecule has 1 aliphatic heterocycles. The van der Waals surface area contributed by atoms with Crippen LogP contribution in [-0.4, -0.2) is 56.8 Å². The normalized spacial score (nSPS) is 20.5. The number of halogens is 1. The average Bonchev–Trinajstić information content (AvgIpc) is 3.24. The molecule has 1 unspecified atom stereocenters. The van der Waals surface area contributed by atoms with E-state index in [1.165, 1.54) is 17.7 Å². The SMILES string of the molecule is CCNC(=NCC1(Sc2ccccc2)CC1)NCCCOCC1CCOC1.I. The van der Waals surface area contributed by atoms with Crippen LogP contribution in [0.5, 0.6) is 0 Å². The van der Waals surface area contributed by atoms with Crippen LogP contribution in [0.1, 0.15) is 32.6 Å². The summed E-state index contributed by atoms with van der Waals surface area (Å²) in [4.78, 5) is 6.18. The van der Waals surface area contributed by atoms with E-state index < -0.39 is 0 Å². The Morgan fingerprint density at radius 3 is 2.79 bits per heavy atom. The molecule has 0 radical (unpaired) electrons. The fourth-order valence-corrected chi connectivity index (χ4v) is 4.31. The van der Waals surface area contributed by atoms with Gasteiger partial charge < -0.3 is 20.1 Å². The molecule has 28 heavy (non-hydrogen) atoms. The summed E-state index contributed by atoms with van der Waals surface area (Å²) in [5, 5.41) is 6.79.